The van der Waals surface area contributed by atoms with Crippen LogP contribution < -0.4 is 0 Å². The van der Waals surface area contributed by atoms with E-state index >= 15 is 0 Å². The zero-order valence-corrected chi connectivity index (χ0v) is 19.7. The SMILES string of the molecule is Cc1nn(-c2cc(Cc3c(C)c(-c4ccc(C#N)cc4)nn3C)ncn2)c(C)c1C(C)(C)O. The van der Waals surface area contributed by atoms with Crippen LogP contribution in [-0.4, -0.2) is 34.6 Å². The molecule has 4 rings (SSSR count). The Hall–Kier alpha value is -3.83. The highest BCUT2D eigenvalue weighted by atomic mass is 16.3. The van der Waals surface area contributed by atoms with E-state index in [9.17, 15) is 5.11 Å². The summed E-state index contributed by atoms with van der Waals surface area (Å²) in [4.78, 5) is 8.90. The van der Waals surface area contributed by atoms with E-state index in [1.165, 1.54) is 6.33 Å². The number of hydrogen-bond donors (Lipinski definition) is 1. The van der Waals surface area contributed by atoms with Gasteiger partial charge in [0.05, 0.1) is 34.3 Å². The van der Waals surface area contributed by atoms with E-state index in [1.54, 1.807) is 30.7 Å². The van der Waals surface area contributed by atoms with Gasteiger partial charge in [0.25, 0.3) is 0 Å². The summed E-state index contributed by atoms with van der Waals surface area (Å²) in [6, 6.07) is 11.5. The van der Waals surface area contributed by atoms with Gasteiger partial charge in [-0.3, -0.25) is 4.68 Å². The minimum absolute atomic E-state index is 0.582. The van der Waals surface area contributed by atoms with Crippen LogP contribution in [0.3, 0.4) is 0 Å². The van der Waals surface area contributed by atoms with E-state index in [4.69, 9.17) is 10.4 Å². The van der Waals surface area contributed by atoms with Crippen molar-refractivity contribution in [2.24, 2.45) is 7.05 Å². The first-order valence-corrected chi connectivity index (χ1v) is 10.7. The van der Waals surface area contributed by atoms with Crippen LogP contribution in [0.4, 0.5) is 0 Å². The minimum atomic E-state index is -0.990. The Morgan fingerprint density at radius 2 is 1.76 bits per heavy atom. The monoisotopic (exact) mass is 441 g/mol. The van der Waals surface area contributed by atoms with Crippen molar-refractivity contribution < 1.29 is 5.11 Å². The fraction of sp³-hybridized carbons (Fsp3) is 0.320. The van der Waals surface area contributed by atoms with Crippen molar-refractivity contribution in [1.82, 2.24) is 29.5 Å². The van der Waals surface area contributed by atoms with Crippen molar-refractivity contribution in [3.63, 3.8) is 0 Å². The summed E-state index contributed by atoms with van der Waals surface area (Å²) >= 11 is 0. The van der Waals surface area contributed by atoms with Gasteiger partial charge in [-0.15, -0.1) is 0 Å². The summed E-state index contributed by atoms with van der Waals surface area (Å²) in [5.41, 5.74) is 6.88. The average Bonchev–Trinajstić information content (AvgIpc) is 3.23. The lowest BCUT2D eigenvalue weighted by Crippen LogP contribution is -2.18. The maximum absolute atomic E-state index is 10.5. The molecule has 0 spiro atoms. The van der Waals surface area contributed by atoms with E-state index in [1.807, 2.05) is 43.8 Å². The third-order valence-corrected chi connectivity index (χ3v) is 5.89. The molecule has 0 bridgehead atoms. The van der Waals surface area contributed by atoms with Gasteiger partial charge in [0.2, 0.25) is 0 Å². The van der Waals surface area contributed by atoms with Crippen LogP contribution in [0.1, 0.15) is 53.3 Å². The van der Waals surface area contributed by atoms with Gasteiger partial charge >= 0.3 is 0 Å². The molecule has 33 heavy (non-hydrogen) atoms. The lowest BCUT2D eigenvalue weighted by molar-refractivity contribution is 0.0772. The Bertz CT molecular complexity index is 1370. The fourth-order valence-corrected chi connectivity index (χ4v) is 4.41. The van der Waals surface area contributed by atoms with Gasteiger partial charge in [-0.25, -0.2) is 14.6 Å². The number of aromatic nitrogens is 6. The first-order valence-electron chi connectivity index (χ1n) is 10.7. The summed E-state index contributed by atoms with van der Waals surface area (Å²) in [6.45, 7) is 9.40. The Balaban J connectivity index is 1.68. The van der Waals surface area contributed by atoms with Crippen LogP contribution >= 0.6 is 0 Å². The molecule has 0 atom stereocenters. The second-order valence-corrected chi connectivity index (χ2v) is 8.79. The number of nitriles is 1. The van der Waals surface area contributed by atoms with E-state index in [0.717, 1.165) is 45.2 Å². The highest BCUT2D eigenvalue weighted by Crippen LogP contribution is 2.29. The molecule has 0 aliphatic heterocycles. The van der Waals surface area contributed by atoms with Gasteiger partial charge in [0, 0.05) is 42.0 Å². The Labute approximate surface area is 193 Å². The zero-order chi connectivity index (χ0) is 23.9. The highest BCUT2D eigenvalue weighted by molar-refractivity contribution is 5.65. The summed E-state index contributed by atoms with van der Waals surface area (Å²) < 4.78 is 3.63. The Kier molecular flexibility index (Phi) is 5.60. The van der Waals surface area contributed by atoms with Crippen LogP contribution in [0.2, 0.25) is 0 Å². The van der Waals surface area contributed by atoms with Gasteiger partial charge in [0.15, 0.2) is 5.82 Å². The average molecular weight is 442 g/mol. The van der Waals surface area contributed by atoms with Crippen LogP contribution in [0.5, 0.6) is 0 Å². The molecule has 4 aromatic rings. The lowest BCUT2D eigenvalue weighted by atomic mass is 9.96. The molecule has 0 aliphatic carbocycles. The third-order valence-electron chi connectivity index (χ3n) is 5.89. The standard InChI is InChI=1S/C25H27N7O/c1-15-21(31(6)30-24(15)19-9-7-18(13-26)8-10-19)11-20-12-22(28-14-27-20)32-17(3)23(16(2)29-32)25(4,5)33/h7-10,12,14,33H,11H2,1-6H3. The molecular formula is C25H27N7O. The molecule has 0 saturated heterocycles. The molecule has 3 aromatic heterocycles. The summed E-state index contributed by atoms with van der Waals surface area (Å²) in [5, 5.41) is 28.9. The van der Waals surface area contributed by atoms with Gasteiger partial charge in [-0.05, 0) is 52.3 Å². The highest BCUT2D eigenvalue weighted by Gasteiger charge is 2.26. The number of nitrogens with zero attached hydrogens (tertiary/aromatic N) is 7. The van der Waals surface area contributed by atoms with Crippen molar-refractivity contribution >= 4 is 0 Å². The zero-order valence-electron chi connectivity index (χ0n) is 19.7. The van der Waals surface area contributed by atoms with E-state index in [2.05, 4.69) is 28.1 Å². The predicted octanol–water partition coefficient (Wildman–Crippen LogP) is 3.68. The number of aryl methyl sites for hydroxylation is 2. The van der Waals surface area contributed by atoms with Crippen LogP contribution in [0, 0.1) is 32.1 Å². The van der Waals surface area contributed by atoms with E-state index < -0.39 is 5.60 Å². The summed E-state index contributed by atoms with van der Waals surface area (Å²) in [6.07, 6.45) is 2.12. The second-order valence-electron chi connectivity index (χ2n) is 8.79. The topological polar surface area (TPSA) is 105 Å². The smallest absolute Gasteiger partial charge is 0.157 e. The van der Waals surface area contributed by atoms with Crippen molar-refractivity contribution in [3.05, 3.63) is 76.1 Å². The molecule has 0 amide bonds. The third kappa shape index (κ3) is 4.15. The number of hydrogen-bond acceptors (Lipinski definition) is 6. The van der Waals surface area contributed by atoms with Gasteiger partial charge < -0.3 is 5.11 Å². The van der Waals surface area contributed by atoms with E-state index in [0.29, 0.717) is 17.8 Å². The predicted molar refractivity (Wildman–Crippen MR) is 125 cm³/mol. The first kappa shape index (κ1) is 22.4. The Morgan fingerprint density at radius 3 is 2.36 bits per heavy atom. The molecule has 3 heterocycles. The van der Waals surface area contributed by atoms with Crippen LogP contribution in [0.25, 0.3) is 17.1 Å². The molecule has 8 heteroatoms. The van der Waals surface area contributed by atoms with Gasteiger partial charge in [-0.2, -0.15) is 15.5 Å². The van der Waals surface area contributed by atoms with Crippen molar-refractivity contribution in [1.29, 1.82) is 5.26 Å². The largest absolute Gasteiger partial charge is 0.386 e. The first-order chi connectivity index (χ1) is 15.6. The maximum Gasteiger partial charge on any atom is 0.157 e. The van der Waals surface area contributed by atoms with Crippen molar-refractivity contribution in [2.75, 3.05) is 0 Å². The van der Waals surface area contributed by atoms with Gasteiger partial charge in [0.1, 0.15) is 6.33 Å². The number of aliphatic hydroxyl groups is 1. The van der Waals surface area contributed by atoms with Crippen LogP contribution in [0.15, 0.2) is 36.7 Å². The molecule has 0 unspecified atom stereocenters. The normalized spacial score (nSPS) is 11.6. The molecular weight excluding hydrogens is 414 g/mol. The Morgan fingerprint density at radius 1 is 1.06 bits per heavy atom. The molecule has 0 radical (unpaired) electrons. The van der Waals surface area contributed by atoms with E-state index in [-0.39, 0.29) is 0 Å². The minimum Gasteiger partial charge on any atom is -0.386 e. The summed E-state index contributed by atoms with van der Waals surface area (Å²) in [7, 11) is 1.92. The van der Waals surface area contributed by atoms with Crippen molar-refractivity contribution in [2.45, 2.75) is 46.6 Å². The van der Waals surface area contributed by atoms with Crippen LogP contribution in [-0.2, 0) is 19.1 Å². The molecule has 168 valence electrons. The molecule has 0 saturated carbocycles. The molecule has 8 nitrogen and oxygen atoms in total. The molecule has 1 N–H and O–H groups in total. The molecule has 1 aromatic carbocycles. The lowest BCUT2D eigenvalue weighted by Gasteiger charge is -2.18. The molecule has 0 aliphatic rings. The number of rotatable bonds is 5. The van der Waals surface area contributed by atoms with Crippen molar-refractivity contribution in [3.8, 4) is 23.1 Å². The van der Waals surface area contributed by atoms with Gasteiger partial charge in [-0.1, -0.05) is 12.1 Å². The number of benzene rings is 1. The maximum atomic E-state index is 10.5. The fourth-order valence-electron chi connectivity index (χ4n) is 4.41. The quantitative estimate of drug-likeness (QED) is 0.506. The second kappa shape index (κ2) is 8.26. The molecule has 0 fully saturated rings. The summed E-state index contributed by atoms with van der Waals surface area (Å²) in [5.74, 6) is 0.656.